The lowest BCUT2D eigenvalue weighted by atomic mass is 9.97. The van der Waals surface area contributed by atoms with Crippen LogP contribution in [0.2, 0.25) is 0 Å². The van der Waals surface area contributed by atoms with E-state index >= 15 is 0 Å². The summed E-state index contributed by atoms with van der Waals surface area (Å²) in [4.78, 5) is 3.32. The molecule has 0 amide bonds. The third kappa shape index (κ3) is 2.21. The molecule has 0 aliphatic heterocycles. The molecule has 0 radical (unpaired) electrons. The minimum atomic E-state index is 0.954. The first-order valence-corrected chi connectivity index (χ1v) is 9.36. The molecule has 0 bridgehead atoms. The summed E-state index contributed by atoms with van der Waals surface area (Å²) in [7, 11) is 3.91. The second-order valence-corrected chi connectivity index (χ2v) is 7.06. The molecule has 0 atom stereocenters. The van der Waals surface area contributed by atoms with Crippen LogP contribution in [-0.4, -0.2) is 16.7 Å². The van der Waals surface area contributed by atoms with Crippen LogP contribution in [0.15, 0.2) is 60.9 Å². The van der Waals surface area contributed by atoms with Crippen molar-refractivity contribution >= 4 is 32.6 Å². The molecular formula is C24H22N2O. The van der Waals surface area contributed by atoms with E-state index < -0.39 is 0 Å². The monoisotopic (exact) mass is 354 g/mol. The Morgan fingerprint density at radius 1 is 0.926 bits per heavy atom. The maximum Gasteiger partial charge on any atom is 0.122 e. The molecule has 134 valence electrons. The molecular weight excluding hydrogens is 332 g/mol. The quantitative estimate of drug-likeness (QED) is 0.420. The van der Waals surface area contributed by atoms with E-state index in [1.54, 1.807) is 7.11 Å². The fourth-order valence-corrected chi connectivity index (χ4v) is 4.31. The van der Waals surface area contributed by atoms with Gasteiger partial charge in [0.15, 0.2) is 0 Å². The second kappa shape index (κ2) is 5.92. The number of aryl methyl sites for hydroxylation is 2. The van der Waals surface area contributed by atoms with Gasteiger partial charge in [-0.2, -0.15) is 0 Å². The third-order valence-electron chi connectivity index (χ3n) is 5.70. The number of H-pyrrole nitrogens is 1. The van der Waals surface area contributed by atoms with E-state index in [4.69, 9.17) is 4.74 Å². The number of hydrogen-bond acceptors (Lipinski definition) is 1. The number of ether oxygens (including phenoxy) is 1. The van der Waals surface area contributed by atoms with Gasteiger partial charge in [-0.25, -0.2) is 0 Å². The minimum Gasteiger partial charge on any atom is -0.496 e. The Labute approximate surface area is 158 Å². The molecule has 0 spiro atoms. The topological polar surface area (TPSA) is 29.9 Å². The van der Waals surface area contributed by atoms with Crippen molar-refractivity contribution in [2.24, 2.45) is 7.05 Å². The van der Waals surface area contributed by atoms with Gasteiger partial charge in [0.25, 0.3) is 0 Å². The van der Waals surface area contributed by atoms with Gasteiger partial charge in [0.2, 0.25) is 0 Å². The molecule has 3 nitrogen and oxygen atoms in total. The highest BCUT2D eigenvalue weighted by Gasteiger charge is 2.17. The normalized spacial score (nSPS) is 11.7. The standard InChI is InChI=1S/C24H22N2O/c1-4-15-10-21-18(12-23(15)27-3)24-20-14-25-13-19(20)17(11-22(24)26(21)2)16-8-6-5-7-9-16/h5-14,25H,4H2,1-3H3. The summed E-state index contributed by atoms with van der Waals surface area (Å²) < 4.78 is 7.98. The molecule has 5 aromatic rings. The Morgan fingerprint density at radius 3 is 2.44 bits per heavy atom. The van der Waals surface area contributed by atoms with Crippen molar-refractivity contribution in [3.05, 3.63) is 66.5 Å². The fraction of sp³-hybridized carbons (Fsp3) is 0.167. The number of methoxy groups -OCH3 is 1. The fourth-order valence-electron chi connectivity index (χ4n) is 4.31. The van der Waals surface area contributed by atoms with Crippen molar-refractivity contribution in [3.8, 4) is 16.9 Å². The van der Waals surface area contributed by atoms with Crippen LogP contribution in [0.25, 0.3) is 43.7 Å². The second-order valence-electron chi connectivity index (χ2n) is 7.06. The van der Waals surface area contributed by atoms with Gasteiger partial charge in [-0.1, -0.05) is 37.3 Å². The van der Waals surface area contributed by atoms with E-state index in [1.807, 2.05) is 0 Å². The lowest BCUT2D eigenvalue weighted by molar-refractivity contribution is 0.411. The average molecular weight is 354 g/mol. The Bertz CT molecular complexity index is 1290. The summed E-state index contributed by atoms with van der Waals surface area (Å²) in [6, 6.07) is 17.4. The lowest BCUT2D eigenvalue weighted by Crippen LogP contribution is -1.92. The molecule has 3 aromatic carbocycles. The maximum absolute atomic E-state index is 5.67. The van der Waals surface area contributed by atoms with Crippen molar-refractivity contribution in [1.82, 2.24) is 9.55 Å². The highest BCUT2D eigenvalue weighted by atomic mass is 16.5. The first kappa shape index (κ1) is 16.0. The lowest BCUT2D eigenvalue weighted by Gasteiger charge is -2.07. The molecule has 0 aliphatic carbocycles. The number of aromatic nitrogens is 2. The molecule has 0 unspecified atom stereocenters. The highest BCUT2D eigenvalue weighted by molar-refractivity contribution is 6.23. The minimum absolute atomic E-state index is 0.954. The molecule has 2 aromatic heterocycles. The van der Waals surface area contributed by atoms with Gasteiger partial charge >= 0.3 is 0 Å². The van der Waals surface area contributed by atoms with Crippen LogP contribution in [-0.2, 0) is 13.5 Å². The van der Waals surface area contributed by atoms with Gasteiger partial charge in [0.1, 0.15) is 5.75 Å². The van der Waals surface area contributed by atoms with Crippen molar-refractivity contribution in [3.63, 3.8) is 0 Å². The molecule has 5 rings (SSSR count). The zero-order valence-electron chi connectivity index (χ0n) is 15.8. The van der Waals surface area contributed by atoms with Crippen LogP contribution >= 0.6 is 0 Å². The van der Waals surface area contributed by atoms with Crippen LogP contribution in [0.3, 0.4) is 0 Å². The van der Waals surface area contributed by atoms with Crippen molar-refractivity contribution < 1.29 is 4.74 Å². The van der Waals surface area contributed by atoms with Crippen molar-refractivity contribution in [2.45, 2.75) is 13.3 Å². The highest BCUT2D eigenvalue weighted by Crippen LogP contribution is 2.41. The van der Waals surface area contributed by atoms with Gasteiger partial charge in [0.05, 0.1) is 12.6 Å². The predicted octanol–water partition coefficient (Wildman–Crippen LogP) is 6.05. The first-order chi connectivity index (χ1) is 13.2. The summed E-state index contributed by atoms with van der Waals surface area (Å²) in [6.07, 6.45) is 5.17. The number of aromatic amines is 1. The summed E-state index contributed by atoms with van der Waals surface area (Å²) in [5.41, 5.74) is 6.22. The van der Waals surface area contributed by atoms with Crippen LogP contribution in [0, 0.1) is 0 Å². The van der Waals surface area contributed by atoms with Gasteiger partial charge in [-0.05, 0) is 41.3 Å². The van der Waals surface area contributed by atoms with Crippen molar-refractivity contribution in [1.29, 1.82) is 0 Å². The zero-order valence-corrected chi connectivity index (χ0v) is 15.8. The Hall–Kier alpha value is -3.20. The molecule has 2 heterocycles. The number of rotatable bonds is 3. The van der Waals surface area contributed by atoms with E-state index in [9.17, 15) is 0 Å². The summed E-state index contributed by atoms with van der Waals surface area (Å²) in [5.74, 6) is 0.966. The van der Waals surface area contributed by atoms with E-state index in [2.05, 4.69) is 84.4 Å². The number of benzene rings is 3. The Balaban J connectivity index is 1.97. The number of hydrogen-bond donors (Lipinski definition) is 1. The van der Waals surface area contributed by atoms with Crippen LogP contribution < -0.4 is 4.74 Å². The van der Waals surface area contributed by atoms with Crippen LogP contribution in [0.4, 0.5) is 0 Å². The summed E-state index contributed by atoms with van der Waals surface area (Å²) in [5, 5.41) is 5.03. The number of nitrogens with one attached hydrogen (secondary N) is 1. The van der Waals surface area contributed by atoms with E-state index in [0.29, 0.717) is 0 Å². The van der Waals surface area contributed by atoms with Gasteiger partial charge < -0.3 is 14.3 Å². The predicted molar refractivity (Wildman–Crippen MR) is 114 cm³/mol. The smallest absolute Gasteiger partial charge is 0.122 e. The van der Waals surface area contributed by atoms with Gasteiger partial charge in [-0.3, -0.25) is 0 Å². The zero-order chi connectivity index (χ0) is 18.5. The number of fused-ring (bicyclic) bond motifs is 5. The maximum atomic E-state index is 5.67. The van der Waals surface area contributed by atoms with Gasteiger partial charge in [0, 0.05) is 46.5 Å². The molecule has 0 saturated carbocycles. The van der Waals surface area contributed by atoms with E-state index in [0.717, 1.165) is 12.2 Å². The van der Waals surface area contributed by atoms with Crippen LogP contribution in [0.5, 0.6) is 5.75 Å². The summed E-state index contributed by atoms with van der Waals surface area (Å²) in [6.45, 7) is 2.17. The molecule has 3 heteroatoms. The molecule has 27 heavy (non-hydrogen) atoms. The SMILES string of the molecule is CCc1cc2c(cc1OC)c1c3c[nH]cc3c(-c3ccccc3)cc1n2C. The van der Waals surface area contributed by atoms with Crippen molar-refractivity contribution in [2.75, 3.05) is 7.11 Å². The summed E-state index contributed by atoms with van der Waals surface area (Å²) >= 11 is 0. The van der Waals surface area contributed by atoms with Crippen LogP contribution in [0.1, 0.15) is 12.5 Å². The molecule has 0 saturated heterocycles. The molecule has 0 aliphatic rings. The van der Waals surface area contributed by atoms with E-state index in [-0.39, 0.29) is 0 Å². The van der Waals surface area contributed by atoms with Gasteiger partial charge in [-0.15, -0.1) is 0 Å². The largest absolute Gasteiger partial charge is 0.496 e. The Morgan fingerprint density at radius 2 is 1.70 bits per heavy atom. The Kier molecular flexibility index (Phi) is 3.51. The molecule has 1 N–H and O–H groups in total. The average Bonchev–Trinajstić information content (AvgIpc) is 3.30. The first-order valence-electron chi connectivity index (χ1n) is 9.36. The number of nitrogens with zero attached hydrogens (tertiary/aromatic N) is 1. The van der Waals surface area contributed by atoms with E-state index in [1.165, 1.54) is 49.3 Å². The third-order valence-corrected chi connectivity index (χ3v) is 5.70. The molecule has 0 fully saturated rings.